The standard InChI is InChI=1S/C19H22N4O2S/c1-13(8-9-14-6-4-3-5-7-14)20-19(25)23(2)12-16-21-15-10-11-26-17(15)18(24)22-16/h3-7,10-11,13H,8-9,12H2,1-2H3,(H,20,25)(H,21,22,24). The van der Waals surface area contributed by atoms with Crippen molar-refractivity contribution in [1.29, 1.82) is 0 Å². The van der Waals surface area contributed by atoms with Crippen molar-refractivity contribution in [2.24, 2.45) is 0 Å². The molecule has 136 valence electrons. The summed E-state index contributed by atoms with van der Waals surface area (Å²) >= 11 is 1.36. The third-order valence-electron chi connectivity index (χ3n) is 4.18. The minimum absolute atomic E-state index is 0.0523. The monoisotopic (exact) mass is 370 g/mol. The molecule has 0 bridgehead atoms. The van der Waals surface area contributed by atoms with Crippen LogP contribution in [0, 0.1) is 0 Å². The maximum Gasteiger partial charge on any atom is 0.317 e. The summed E-state index contributed by atoms with van der Waals surface area (Å²) in [7, 11) is 1.69. The molecule has 3 rings (SSSR count). The molecule has 7 heteroatoms. The Morgan fingerprint density at radius 1 is 1.31 bits per heavy atom. The number of thiophene rings is 1. The summed E-state index contributed by atoms with van der Waals surface area (Å²) in [5.41, 5.74) is 1.76. The molecular formula is C19H22N4O2S. The first-order chi connectivity index (χ1) is 12.5. The average molecular weight is 370 g/mol. The van der Waals surface area contributed by atoms with Crippen LogP contribution in [0.25, 0.3) is 10.2 Å². The Hall–Kier alpha value is -2.67. The van der Waals surface area contributed by atoms with Gasteiger partial charge in [0, 0.05) is 13.1 Å². The lowest BCUT2D eigenvalue weighted by atomic mass is 10.1. The number of nitrogens with one attached hydrogen (secondary N) is 2. The quantitative estimate of drug-likeness (QED) is 0.700. The number of nitrogens with zero attached hydrogens (tertiary/aromatic N) is 2. The van der Waals surface area contributed by atoms with Gasteiger partial charge in [-0.15, -0.1) is 11.3 Å². The van der Waals surface area contributed by atoms with E-state index in [1.165, 1.54) is 21.8 Å². The molecule has 0 aliphatic carbocycles. The summed E-state index contributed by atoms with van der Waals surface area (Å²) in [6.45, 7) is 2.24. The molecular weight excluding hydrogens is 348 g/mol. The Labute approximate surface area is 155 Å². The predicted octanol–water partition coefficient (Wildman–Crippen LogP) is 3.15. The van der Waals surface area contributed by atoms with Crippen LogP contribution in [0.5, 0.6) is 0 Å². The maximum atomic E-state index is 12.4. The van der Waals surface area contributed by atoms with Gasteiger partial charge in [0.25, 0.3) is 5.56 Å². The summed E-state index contributed by atoms with van der Waals surface area (Å²) < 4.78 is 0.607. The second-order valence-corrected chi connectivity index (χ2v) is 7.29. The Morgan fingerprint density at radius 2 is 2.08 bits per heavy atom. The van der Waals surface area contributed by atoms with E-state index in [2.05, 4.69) is 27.4 Å². The summed E-state index contributed by atoms with van der Waals surface area (Å²) in [5, 5.41) is 4.82. The lowest BCUT2D eigenvalue weighted by molar-refractivity contribution is 0.201. The Kier molecular flexibility index (Phi) is 5.68. The number of hydrogen-bond acceptors (Lipinski definition) is 4. The topological polar surface area (TPSA) is 78.1 Å². The van der Waals surface area contributed by atoms with Gasteiger partial charge in [-0.3, -0.25) is 4.79 Å². The van der Waals surface area contributed by atoms with Crippen molar-refractivity contribution in [2.75, 3.05) is 7.05 Å². The number of H-pyrrole nitrogens is 1. The first-order valence-electron chi connectivity index (χ1n) is 8.55. The zero-order valence-corrected chi connectivity index (χ0v) is 15.7. The van der Waals surface area contributed by atoms with Crippen LogP contribution in [0.15, 0.2) is 46.6 Å². The van der Waals surface area contributed by atoms with Crippen molar-refractivity contribution in [1.82, 2.24) is 20.2 Å². The van der Waals surface area contributed by atoms with Gasteiger partial charge in [0.2, 0.25) is 0 Å². The lowest BCUT2D eigenvalue weighted by Crippen LogP contribution is -2.42. The van der Waals surface area contributed by atoms with Crippen LogP contribution in [-0.2, 0) is 13.0 Å². The first-order valence-corrected chi connectivity index (χ1v) is 9.43. The SMILES string of the molecule is CC(CCc1ccccc1)NC(=O)N(C)Cc1nc2ccsc2c(=O)[nH]1. The van der Waals surface area contributed by atoms with Gasteiger partial charge in [0.15, 0.2) is 0 Å². The fourth-order valence-corrected chi connectivity index (χ4v) is 3.44. The number of benzene rings is 1. The van der Waals surface area contributed by atoms with E-state index in [4.69, 9.17) is 0 Å². The van der Waals surface area contributed by atoms with Gasteiger partial charge in [-0.1, -0.05) is 30.3 Å². The molecule has 0 aliphatic heterocycles. The van der Waals surface area contributed by atoms with Crippen molar-refractivity contribution in [3.05, 3.63) is 63.5 Å². The molecule has 2 amide bonds. The summed E-state index contributed by atoms with van der Waals surface area (Å²) in [4.78, 5) is 33.0. The van der Waals surface area contributed by atoms with Crippen LogP contribution in [0.4, 0.5) is 4.79 Å². The lowest BCUT2D eigenvalue weighted by Gasteiger charge is -2.21. The van der Waals surface area contributed by atoms with E-state index in [-0.39, 0.29) is 24.2 Å². The molecule has 1 unspecified atom stereocenters. The molecule has 26 heavy (non-hydrogen) atoms. The van der Waals surface area contributed by atoms with E-state index in [1.54, 1.807) is 7.05 Å². The minimum Gasteiger partial charge on any atom is -0.336 e. The van der Waals surface area contributed by atoms with E-state index < -0.39 is 0 Å². The molecule has 2 aromatic heterocycles. The van der Waals surface area contributed by atoms with Crippen molar-refractivity contribution in [3.63, 3.8) is 0 Å². The van der Waals surface area contributed by atoms with E-state index in [0.717, 1.165) is 12.8 Å². The van der Waals surface area contributed by atoms with Gasteiger partial charge in [-0.25, -0.2) is 9.78 Å². The number of amides is 2. The number of urea groups is 1. The van der Waals surface area contributed by atoms with Crippen molar-refractivity contribution in [2.45, 2.75) is 32.4 Å². The van der Waals surface area contributed by atoms with Gasteiger partial charge >= 0.3 is 6.03 Å². The molecule has 1 aromatic carbocycles. The third kappa shape index (κ3) is 4.49. The molecule has 0 aliphatic rings. The van der Waals surface area contributed by atoms with Crippen molar-refractivity contribution in [3.8, 4) is 0 Å². The number of hydrogen-bond donors (Lipinski definition) is 2. The van der Waals surface area contributed by atoms with Crippen LogP contribution in [0.2, 0.25) is 0 Å². The molecule has 3 aromatic rings. The third-order valence-corrected chi connectivity index (χ3v) is 5.08. The van der Waals surface area contributed by atoms with Gasteiger partial charge < -0.3 is 15.2 Å². The minimum atomic E-state index is -0.182. The fourth-order valence-electron chi connectivity index (χ4n) is 2.71. The van der Waals surface area contributed by atoms with E-state index in [0.29, 0.717) is 16.0 Å². The van der Waals surface area contributed by atoms with Crippen LogP contribution in [0.1, 0.15) is 24.7 Å². The molecule has 2 heterocycles. The van der Waals surface area contributed by atoms with E-state index in [9.17, 15) is 9.59 Å². The molecule has 0 fully saturated rings. The Bertz CT molecular complexity index is 935. The van der Waals surface area contributed by atoms with Crippen LogP contribution >= 0.6 is 11.3 Å². The average Bonchev–Trinajstić information content (AvgIpc) is 3.10. The molecule has 0 saturated carbocycles. The van der Waals surface area contributed by atoms with Crippen LogP contribution in [-0.4, -0.2) is 34.0 Å². The van der Waals surface area contributed by atoms with Crippen LogP contribution in [0.3, 0.4) is 0 Å². The molecule has 6 nitrogen and oxygen atoms in total. The fraction of sp³-hybridized carbons (Fsp3) is 0.316. The zero-order chi connectivity index (χ0) is 18.5. The normalized spacial score (nSPS) is 12.1. The second-order valence-electron chi connectivity index (χ2n) is 6.38. The highest BCUT2D eigenvalue weighted by molar-refractivity contribution is 7.17. The number of carbonyl (C=O) groups is 1. The molecule has 0 saturated heterocycles. The number of carbonyl (C=O) groups excluding carboxylic acids is 1. The largest absolute Gasteiger partial charge is 0.336 e. The van der Waals surface area contributed by atoms with Crippen molar-refractivity contribution >= 4 is 27.6 Å². The maximum absolute atomic E-state index is 12.4. The number of aryl methyl sites for hydroxylation is 1. The summed E-state index contributed by atoms with van der Waals surface area (Å²) in [6, 6.07) is 11.9. The smallest absolute Gasteiger partial charge is 0.317 e. The second kappa shape index (κ2) is 8.14. The van der Waals surface area contributed by atoms with Gasteiger partial charge in [0.05, 0.1) is 12.1 Å². The highest BCUT2D eigenvalue weighted by Gasteiger charge is 2.14. The first kappa shape index (κ1) is 18.1. The zero-order valence-electron chi connectivity index (χ0n) is 14.9. The van der Waals surface area contributed by atoms with E-state index in [1.807, 2.05) is 36.6 Å². The highest BCUT2D eigenvalue weighted by atomic mass is 32.1. The number of fused-ring (bicyclic) bond motifs is 1. The number of aromatic amines is 1. The van der Waals surface area contributed by atoms with Crippen molar-refractivity contribution < 1.29 is 4.79 Å². The summed E-state index contributed by atoms with van der Waals surface area (Å²) in [6.07, 6.45) is 1.77. The van der Waals surface area contributed by atoms with Gasteiger partial charge in [-0.2, -0.15) is 0 Å². The highest BCUT2D eigenvalue weighted by Crippen LogP contribution is 2.14. The molecule has 1 atom stereocenters. The van der Waals surface area contributed by atoms with Crippen LogP contribution < -0.4 is 10.9 Å². The molecule has 0 spiro atoms. The number of aromatic nitrogens is 2. The Morgan fingerprint density at radius 3 is 2.85 bits per heavy atom. The number of rotatable bonds is 6. The summed E-state index contributed by atoms with van der Waals surface area (Å²) in [5.74, 6) is 0.482. The van der Waals surface area contributed by atoms with Gasteiger partial charge in [0.1, 0.15) is 10.5 Å². The van der Waals surface area contributed by atoms with E-state index >= 15 is 0 Å². The molecule has 0 radical (unpaired) electrons. The predicted molar refractivity (Wildman–Crippen MR) is 104 cm³/mol. The molecule has 2 N–H and O–H groups in total. The van der Waals surface area contributed by atoms with Gasteiger partial charge in [-0.05, 0) is 36.8 Å². The Balaban J connectivity index is 1.54.